The molecule has 0 unspecified atom stereocenters. The molecule has 0 saturated carbocycles. The molecule has 276 valence electrons. The molecule has 0 bridgehead atoms. The zero-order valence-corrected chi connectivity index (χ0v) is 27.2. The Morgan fingerprint density at radius 2 is 1.12 bits per heavy atom. The van der Waals surface area contributed by atoms with Gasteiger partial charge in [0.25, 0.3) is 5.56 Å². The van der Waals surface area contributed by atoms with Gasteiger partial charge in [-0.2, -0.15) is 9.97 Å². The van der Waals surface area contributed by atoms with Crippen molar-refractivity contribution < 1.29 is 60.5 Å². The topological polar surface area (TPSA) is 354 Å². The van der Waals surface area contributed by atoms with Gasteiger partial charge in [-0.1, -0.05) is 11.6 Å². The molecular formula is C28H39ClN8O13. The van der Waals surface area contributed by atoms with Crippen molar-refractivity contribution >= 4 is 45.6 Å². The Morgan fingerprint density at radius 1 is 0.700 bits per heavy atom. The molecule has 2 aliphatic rings. The van der Waals surface area contributed by atoms with Gasteiger partial charge in [-0.15, -0.1) is 0 Å². The molecule has 6 heterocycles. The van der Waals surface area contributed by atoms with E-state index >= 15 is 0 Å². The number of rotatable bonds is 4. The van der Waals surface area contributed by atoms with Gasteiger partial charge in [-0.25, -0.2) is 4.98 Å². The van der Waals surface area contributed by atoms with E-state index in [1.807, 2.05) is 0 Å². The van der Waals surface area contributed by atoms with E-state index in [2.05, 4.69) is 19.9 Å². The Kier molecular flexibility index (Phi) is 11.0. The first kappa shape index (κ1) is 37.7. The zero-order chi connectivity index (χ0) is 36.9. The molecule has 2 fully saturated rings. The summed E-state index contributed by atoms with van der Waals surface area (Å²) in [5, 5.41) is 100. The lowest BCUT2D eigenvalue weighted by Crippen LogP contribution is -2.47. The van der Waals surface area contributed by atoms with E-state index in [9.17, 15) is 55.9 Å². The summed E-state index contributed by atoms with van der Waals surface area (Å²) in [5.41, 5.74) is 12.2. The summed E-state index contributed by atoms with van der Waals surface area (Å²) in [4.78, 5) is 26.5. The highest BCUT2D eigenvalue weighted by Crippen LogP contribution is 2.34. The summed E-state index contributed by atoms with van der Waals surface area (Å²) in [7, 11) is 0. The molecule has 0 radical (unpaired) electrons. The van der Waals surface area contributed by atoms with Gasteiger partial charge in [0.1, 0.15) is 71.8 Å². The number of hydrogen-bond donors (Lipinski definition) is 13. The number of aromatic amines is 1. The molecule has 0 aliphatic carbocycles. The van der Waals surface area contributed by atoms with E-state index in [0.717, 1.165) is 0 Å². The maximum atomic E-state index is 12.1. The Balaban J connectivity index is 0.000000194. The highest BCUT2D eigenvalue weighted by atomic mass is 35.5. The Labute approximate surface area is 286 Å². The highest BCUT2D eigenvalue weighted by molar-refractivity contribution is 6.34. The number of aryl methyl sites for hydroxylation is 2. The number of anilines is 2. The largest absolute Gasteiger partial charge is 0.394 e. The monoisotopic (exact) mass is 730 g/mol. The maximum Gasteiger partial charge on any atom is 0.262 e. The van der Waals surface area contributed by atoms with Gasteiger partial charge in [-0.05, 0) is 25.0 Å². The number of ether oxygens (including phenoxy) is 2. The van der Waals surface area contributed by atoms with Crippen LogP contribution in [-0.4, -0.2) is 154 Å². The molecule has 15 N–H and O–H groups in total. The third kappa shape index (κ3) is 6.64. The summed E-state index contributed by atoms with van der Waals surface area (Å²) in [6.45, 7) is 2.07. The van der Waals surface area contributed by atoms with E-state index in [4.69, 9.17) is 32.5 Å². The lowest BCUT2D eigenvalue weighted by atomic mass is 10.0. The van der Waals surface area contributed by atoms with E-state index in [1.54, 1.807) is 20.0 Å². The molecule has 4 aromatic heterocycles. The van der Waals surface area contributed by atoms with Crippen molar-refractivity contribution in [3.8, 4) is 0 Å². The molecule has 0 amide bonds. The van der Waals surface area contributed by atoms with Crippen LogP contribution in [0.1, 0.15) is 23.6 Å². The fraction of sp³-hybridized carbons (Fsp3) is 0.571. The van der Waals surface area contributed by atoms with Crippen molar-refractivity contribution in [1.29, 1.82) is 0 Å². The van der Waals surface area contributed by atoms with Crippen molar-refractivity contribution in [3.63, 3.8) is 0 Å². The fourth-order valence-corrected chi connectivity index (χ4v) is 6.39. The minimum atomic E-state index is -1.76. The van der Waals surface area contributed by atoms with Gasteiger partial charge in [-0.3, -0.25) is 9.78 Å². The van der Waals surface area contributed by atoms with Crippen LogP contribution in [0.2, 0.25) is 5.15 Å². The van der Waals surface area contributed by atoms with Gasteiger partial charge >= 0.3 is 0 Å². The standard InChI is InChI=1S/C14H19ClN4O6.C14H20N4O7/c1-4-2-19(12-6(4)11(15)17-14(16)18-12)13-10(24)9(23)8(22)7(21)5(3-20)25-13;1-4-2-18(11-6(4)12(24)17-14(15)16-11)13-10(23)9(22)8(21)7(20)5(3-19)25-13/h2,5,7-10,13,20-24H,3H2,1H3,(H2,16,17,18);2,5,7-10,13,19-23H,3H2,1H3,(H3,15,16,17,24)/t2*5-,7-,8+,9-,10-,13-/m11/s1. The van der Waals surface area contributed by atoms with Crippen LogP contribution in [0.3, 0.4) is 0 Å². The van der Waals surface area contributed by atoms with Crippen molar-refractivity contribution in [1.82, 2.24) is 29.1 Å². The molecule has 0 spiro atoms. The lowest BCUT2D eigenvalue weighted by molar-refractivity contribution is -0.149. The molecule has 50 heavy (non-hydrogen) atoms. The molecular weight excluding hydrogens is 692 g/mol. The summed E-state index contributed by atoms with van der Waals surface area (Å²) in [6.07, 6.45) is -15.5. The van der Waals surface area contributed by atoms with E-state index in [0.29, 0.717) is 16.5 Å². The van der Waals surface area contributed by atoms with Crippen molar-refractivity contribution in [2.45, 2.75) is 87.3 Å². The number of aliphatic hydroxyl groups is 10. The predicted octanol–water partition coefficient (Wildman–Crippen LogP) is -4.74. The Hall–Kier alpha value is -3.55. The number of nitrogens with one attached hydrogen (secondary N) is 1. The van der Waals surface area contributed by atoms with Crippen molar-refractivity contribution in [2.24, 2.45) is 0 Å². The molecule has 21 nitrogen and oxygen atoms in total. The fourth-order valence-electron chi connectivity index (χ4n) is 6.07. The van der Waals surface area contributed by atoms with Crippen LogP contribution in [0, 0.1) is 13.8 Å². The number of hydrogen-bond acceptors (Lipinski definition) is 18. The summed E-state index contributed by atoms with van der Waals surface area (Å²) < 4.78 is 13.7. The van der Waals surface area contributed by atoms with Gasteiger partial charge in [0.15, 0.2) is 18.1 Å². The lowest BCUT2D eigenvalue weighted by Gasteiger charge is -2.27. The average molecular weight is 731 g/mol. The normalized spacial score (nSPS) is 33.5. The van der Waals surface area contributed by atoms with E-state index in [-0.39, 0.29) is 33.7 Å². The molecule has 12 atom stereocenters. The smallest absolute Gasteiger partial charge is 0.262 e. The van der Waals surface area contributed by atoms with Gasteiger partial charge < -0.3 is 81.1 Å². The van der Waals surface area contributed by atoms with Crippen LogP contribution in [0.4, 0.5) is 11.9 Å². The maximum absolute atomic E-state index is 12.1. The SMILES string of the molecule is Cc1cn([C@@H]2O[C@H](CO)[C@@H](O)[C@H](O)[C@@H](O)[C@H]2O)c2nc(N)[nH]c(=O)c12.Cc1cn([C@@H]2O[C@H](CO)[C@@H](O)[C@H](O)[C@@H](O)[C@H]2O)c2nc(N)nc(Cl)c12. The van der Waals surface area contributed by atoms with Crippen LogP contribution in [0.15, 0.2) is 17.2 Å². The van der Waals surface area contributed by atoms with Crippen LogP contribution < -0.4 is 17.0 Å². The van der Waals surface area contributed by atoms with Crippen LogP contribution in [-0.2, 0) is 9.47 Å². The zero-order valence-electron chi connectivity index (χ0n) is 26.5. The number of nitrogens with zero attached hydrogens (tertiary/aromatic N) is 5. The van der Waals surface area contributed by atoms with E-state index < -0.39 is 92.3 Å². The number of nitrogens with two attached hydrogens (primary N) is 2. The number of fused-ring (bicyclic) bond motifs is 2. The molecule has 0 aromatic carbocycles. The summed E-state index contributed by atoms with van der Waals surface area (Å²) >= 11 is 6.10. The molecule has 2 aliphatic heterocycles. The first-order valence-corrected chi connectivity index (χ1v) is 15.5. The third-order valence-corrected chi connectivity index (χ3v) is 8.98. The average Bonchev–Trinajstić information content (AvgIpc) is 3.54. The minimum Gasteiger partial charge on any atom is -0.394 e. The Bertz CT molecular complexity index is 1890. The molecule has 22 heteroatoms. The van der Waals surface area contributed by atoms with Gasteiger partial charge in [0.05, 0.1) is 24.0 Å². The number of aliphatic hydroxyl groups excluding tert-OH is 10. The van der Waals surface area contributed by atoms with Gasteiger partial charge in [0.2, 0.25) is 11.9 Å². The minimum absolute atomic E-state index is 0.0950. The second-order valence-electron chi connectivity index (χ2n) is 12.1. The second-order valence-corrected chi connectivity index (χ2v) is 12.4. The summed E-state index contributed by atoms with van der Waals surface area (Å²) in [6, 6.07) is 0. The number of aromatic nitrogens is 6. The Morgan fingerprint density at radius 3 is 1.58 bits per heavy atom. The van der Waals surface area contributed by atoms with Crippen molar-refractivity contribution in [2.75, 3.05) is 24.7 Å². The molecule has 6 rings (SSSR count). The van der Waals surface area contributed by atoms with E-state index in [1.165, 1.54) is 15.3 Å². The predicted molar refractivity (Wildman–Crippen MR) is 171 cm³/mol. The third-order valence-electron chi connectivity index (χ3n) is 8.71. The quantitative estimate of drug-likeness (QED) is 0.0876. The first-order valence-electron chi connectivity index (χ1n) is 15.2. The van der Waals surface area contributed by atoms with Gasteiger partial charge in [0, 0.05) is 12.4 Å². The van der Waals surface area contributed by atoms with Crippen LogP contribution >= 0.6 is 11.6 Å². The van der Waals surface area contributed by atoms with Crippen LogP contribution in [0.25, 0.3) is 22.1 Å². The number of halogens is 1. The molecule has 2 saturated heterocycles. The second kappa shape index (κ2) is 14.6. The first-order chi connectivity index (χ1) is 23.5. The van der Waals surface area contributed by atoms with Crippen molar-refractivity contribution in [3.05, 3.63) is 39.0 Å². The number of H-pyrrole nitrogens is 1. The summed E-state index contributed by atoms with van der Waals surface area (Å²) in [5.74, 6) is -0.251. The van der Waals surface area contributed by atoms with Crippen LogP contribution in [0.5, 0.6) is 0 Å². The highest BCUT2D eigenvalue weighted by Gasteiger charge is 2.46. The number of nitrogen functional groups attached to an aromatic ring is 2. The molecule has 4 aromatic rings.